The van der Waals surface area contributed by atoms with Crippen molar-refractivity contribution in [2.75, 3.05) is 13.2 Å². The van der Waals surface area contributed by atoms with Gasteiger partial charge in [0.25, 0.3) is 11.8 Å². The maximum Gasteiger partial charge on any atom is 0.339 e. The summed E-state index contributed by atoms with van der Waals surface area (Å²) in [5, 5.41) is 5.59. The number of carbonyl (C=O) groups is 2. The molecule has 46 heavy (non-hydrogen) atoms. The van der Waals surface area contributed by atoms with Crippen LogP contribution in [0, 0.1) is 23.7 Å². The summed E-state index contributed by atoms with van der Waals surface area (Å²) >= 11 is 0. The number of fused-ring (bicyclic) bond motifs is 4. The summed E-state index contributed by atoms with van der Waals surface area (Å²) in [5.41, 5.74) is 0.494. The lowest BCUT2D eigenvalue weighted by atomic mass is 9.97. The van der Waals surface area contributed by atoms with E-state index in [-0.39, 0.29) is 11.1 Å². The van der Waals surface area contributed by atoms with Gasteiger partial charge >= 0.3 is 11.9 Å². The van der Waals surface area contributed by atoms with E-state index in [9.17, 15) is 9.59 Å². The van der Waals surface area contributed by atoms with E-state index in [1.807, 2.05) is 60.7 Å². The molecular weight excluding hydrogens is 596 g/mol. The fraction of sp³-hybridized carbons (Fsp3) is 0.211. The molecule has 6 aromatic rings. The van der Waals surface area contributed by atoms with Crippen LogP contribution in [0.4, 0.5) is 17.6 Å². The van der Waals surface area contributed by atoms with E-state index in [2.05, 4.69) is 0 Å². The second-order valence-corrected chi connectivity index (χ2v) is 12.2. The van der Waals surface area contributed by atoms with Gasteiger partial charge in [0, 0.05) is 11.8 Å². The van der Waals surface area contributed by atoms with E-state index >= 15 is 17.6 Å². The average molecular weight is 623 g/mol. The molecule has 230 valence electrons. The zero-order chi connectivity index (χ0) is 31.8. The van der Waals surface area contributed by atoms with Crippen LogP contribution in [0.3, 0.4) is 0 Å². The first kappa shape index (κ1) is 28.5. The molecule has 4 nitrogen and oxygen atoms in total. The third kappa shape index (κ3) is 4.42. The molecule has 0 aliphatic heterocycles. The molecule has 0 radical (unpaired) electrons. The quantitative estimate of drug-likeness (QED) is 0.101. The molecule has 6 aromatic carbocycles. The summed E-state index contributed by atoms with van der Waals surface area (Å²) in [6, 6.07) is 32.6. The van der Waals surface area contributed by atoms with Gasteiger partial charge in [-0.25, -0.2) is 27.2 Å². The lowest BCUT2D eigenvalue weighted by molar-refractivity contribution is 0.0311. The number of esters is 2. The number of rotatable bonds is 7. The lowest BCUT2D eigenvalue weighted by Crippen LogP contribution is -2.11. The van der Waals surface area contributed by atoms with Gasteiger partial charge in [-0.1, -0.05) is 97.1 Å². The van der Waals surface area contributed by atoms with Crippen LogP contribution in [-0.2, 0) is 9.47 Å². The number of alkyl halides is 4. The largest absolute Gasteiger partial charge is 0.462 e. The molecule has 0 unspecified atom stereocenters. The molecule has 0 bridgehead atoms. The number of hydrogen-bond donors (Lipinski definition) is 0. The average Bonchev–Trinajstić information content (AvgIpc) is 3.82. The molecule has 2 aliphatic rings. The predicted octanol–water partition coefficient (Wildman–Crippen LogP) is 9.08. The van der Waals surface area contributed by atoms with Gasteiger partial charge in [0.1, 0.15) is 13.2 Å². The molecule has 0 N–H and O–H groups in total. The summed E-state index contributed by atoms with van der Waals surface area (Å²) in [7, 11) is 0. The first-order chi connectivity index (χ1) is 22.2. The monoisotopic (exact) mass is 622 g/mol. The zero-order valence-corrected chi connectivity index (χ0v) is 24.3. The van der Waals surface area contributed by atoms with Gasteiger partial charge in [-0.2, -0.15) is 0 Å². The van der Waals surface area contributed by atoms with Crippen molar-refractivity contribution in [3.05, 3.63) is 120 Å². The summed E-state index contributed by atoms with van der Waals surface area (Å²) in [6.45, 7) is -1.40. The maximum absolute atomic E-state index is 15.0. The zero-order valence-electron chi connectivity index (χ0n) is 24.3. The Labute approximate surface area is 260 Å². The Bertz CT molecular complexity index is 1950. The normalized spacial score (nSPS) is 22.6. The second-order valence-electron chi connectivity index (χ2n) is 12.2. The van der Waals surface area contributed by atoms with Crippen molar-refractivity contribution in [3.8, 4) is 0 Å². The van der Waals surface area contributed by atoms with E-state index in [4.69, 9.17) is 9.47 Å². The van der Waals surface area contributed by atoms with Crippen LogP contribution in [0.1, 0.15) is 20.7 Å². The predicted molar refractivity (Wildman–Crippen MR) is 167 cm³/mol. The van der Waals surface area contributed by atoms with Crippen molar-refractivity contribution in [1.82, 2.24) is 0 Å². The molecule has 0 amide bonds. The Morgan fingerprint density at radius 2 is 0.783 bits per heavy atom. The molecule has 4 atom stereocenters. The summed E-state index contributed by atoms with van der Waals surface area (Å²) in [6.07, 6.45) is 0. The maximum atomic E-state index is 15.0. The summed E-state index contributed by atoms with van der Waals surface area (Å²) < 4.78 is 70.8. The fourth-order valence-corrected chi connectivity index (χ4v) is 7.18. The molecule has 2 aliphatic carbocycles. The molecule has 0 heterocycles. The highest BCUT2D eigenvalue weighted by molar-refractivity contribution is 6.17. The molecule has 2 saturated carbocycles. The number of halogens is 4. The Morgan fingerprint density at radius 3 is 1.09 bits per heavy atom. The molecule has 2 fully saturated rings. The molecule has 0 aromatic heterocycles. The van der Waals surface area contributed by atoms with Gasteiger partial charge in [0.2, 0.25) is 0 Å². The van der Waals surface area contributed by atoms with Crippen molar-refractivity contribution in [1.29, 1.82) is 0 Å². The Balaban J connectivity index is 0.987. The molecule has 0 spiro atoms. The van der Waals surface area contributed by atoms with Gasteiger partial charge in [-0.05, 0) is 55.2 Å². The van der Waals surface area contributed by atoms with Crippen LogP contribution in [0.5, 0.6) is 0 Å². The Kier molecular flexibility index (Phi) is 6.36. The lowest BCUT2D eigenvalue weighted by Gasteiger charge is -2.11. The minimum absolute atomic E-state index is 0.247. The van der Waals surface area contributed by atoms with Gasteiger partial charge in [0.05, 0.1) is 23.0 Å². The van der Waals surface area contributed by atoms with Crippen LogP contribution in [0.25, 0.3) is 43.1 Å². The van der Waals surface area contributed by atoms with Crippen LogP contribution in [-0.4, -0.2) is 37.0 Å². The Morgan fingerprint density at radius 1 is 0.500 bits per heavy atom. The first-order valence-corrected chi connectivity index (χ1v) is 15.1. The smallest absolute Gasteiger partial charge is 0.339 e. The highest BCUT2D eigenvalue weighted by atomic mass is 19.3. The van der Waals surface area contributed by atoms with Crippen molar-refractivity contribution in [2.45, 2.75) is 11.8 Å². The Hall–Kier alpha value is -4.98. The van der Waals surface area contributed by atoms with Crippen LogP contribution in [0.2, 0.25) is 0 Å². The third-order valence-corrected chi connectivity index (χ3v) is 9.65. The first-order valence-electron chi connectivity index (χ1n) is 15.1. The molecule has 8 rings (SSSR count). The van der Waals surface area contributed by atoms with E-state index in [0.29, 0.717) is 21.5 Å². The van der Waals surface area contributed by atoms with E-state index in [1.54, 1.807) is 48.5 Å². The van der Waals surface area contributed by atoms with Crippen LogP contribution in [0.15, 0.2) is 109 Å². The second kappa shape index (κ2) is 10.3. The number of ether oxygens (including phenoxy) is 2. The van der Waals surface area contributed by atoms with E-state index in [1.165, 1.54) is 0 Å². The fourth-order valence-electron chi connectivity index (χ4n) is 7.18. The van der Waals surface area contributed by atoms with Gasteiger partial charge in [-0.3, -0.25) is 0 Å². The number of hydrogen-bond acceptors (Lipinski definition) is 4. The highest BCUT2D eigenvalue weighted by Crippen LogP contribution is 2.72. The number of benzene rings is 6. The minimum atomic E-state index is -3.44. The van der Waals surface area contributed by atoms with Crippen molar-refractivity contribution < 1.29 is 36.6 Å². The van der Waals surface area contributed by atoms with Crippen molar-refractivity contribution in [3.63, 3.8) is 0 Å². The summed E-state index contributed by atoms with van der Waals surface area (Å²) in [5.74, 6) is -15.0. The van der Waals surface area contributed by atoms with Crippen molar-refractivity contribution >= 4 is 55.0 Å². The number of carbonyl (C=O) groups excluding carboxylic acids is 2. The van der Waals surface area contributed by atoms with Crippen molar-refractivity contribution in [2.24, 2.45) is 23.7 Å². The molecular formula is C38H26F4O4. The minimum Gasteiger partial charge on any atom is -0.462 e. The summed E-state index contributed by atoms with van der Waals surface area (Å²) in [4.78, 5) is 26.7. The molecule has 8 heteroatoms. The molecule has 0 saturated heterocycles. The third-order valence-electron chi connectivity index (χ3n) is 9.65. The van der Waals surface area contributed by atoms with Gasteiger partial charge in [-0.15, -0.1) is 0 Å². The standard InChI is InChI=1S/C38H26F4O4/c39-37(40)29(19-45-35(43)31-25-13-5-1-9-21(25)17-22-10-2-6-14-26(22)31)33(37)34-30(38(34,41)42)20-46-36(44)32-27-15-7-3-11-23(27)18-24-12-4-8-16-28(24)32/h1-18,29-30,33-34H,19-20H2/t29-,30-,33+,34+/m1/s1. The highest BCUT2D eigenvalue weighted by Gasteiger charge is 2.84. The van der Waals surface area contributed by atoms with E-state index < -0.39 is 60.7 Å². The van der Waals surface area contributed by atoms with Gasteiger partial charge < -0.3 is 9.47 Å². The van der Waals surface area contributed by atoms with Crippen LogP contribution < -0.4 is 0 Å². The van der Waals surface area contributed by atoms with Gasteiger partial charge in [0.15, 0.2) is 0 Å². The SMILES string of the molecule is O=C(OC[C@@H]1[C@@H]([C@@H]2[C@@H](COC(=O)c3c4ccccc4cc4ccccc34)C2(F)F)C1(F)F)c1c2ccccc2cc2ccccc12. The van der Waals surface area contributed by atoms with E-state index in [0.717, 1.165) is 21.5 Å². The van der Waals surface area contributed by atoms with Crippen LogP contribution >= 0.6 is 0 Å². The topological polar surface area (TPSA) is 52.6 Å².